The lowest BCUT2D eigenvalue weighted by Gasteiger charge is -2.33. The van der Waals surface area contributed by atoms with E-state index in [9.17, 15) is 20.0 Å². The van der Waals surface area contributed by atoms with E-state index < -0.39 is 17.1 Å². The van der Waals surface area contributed by atoms with Gasteiger partial charge >= 0.3 is 5.84 Å². The van der Waals surface area contributed by atoms with Gasteiger partial charge in [0.1, 0.15) is 11.3 Å². The highest BCUT2D eigenvalue weighted by Gasteiger charge is 2.58. The first-order valence-electron chi connectivity index (χ1n) is 10.9. The average Bonchev–Trinajstić information content (AvgIpc) is 2.85. The molecule has 0 spiro atoms. The number of hydroxylamine groups is 3. The van der Waals surface area contributed by atoms with Crippen molar-refractivity contribution in [1.29, 1.82) is 0 Å². The smallest absolute Gasteiger partial charge is 0.313 e. The molecule has 0 saturated carbocycles. The normalized spacial score (nSPS) is 17.9. The Morgan fingerprint density at radius 2 is 1.81 bits per heavy atom. The van der Waals surface area contributed by atoms with E-state index in [4.69, 9.17) is 4.74 Å². The van der Waals surface area contributed by atoms with Crippen molar-refractivity contribution in [2.45, 2.75) is 71.0 Å². The molecule has 1 aromatic carbocycles. The molecule has 0 fully saturated rings. The van der Waals surface area contributed by atoms with Gasteiger partial charge in [-0.25, -0.2) is 5.21 Å². The summed E-state index contributed by atoms with van der Waals surface area (Å²) in [5.41, 5.74) is -1.07. The molecule has 0 radical (unpaired) electrons. The minimum Gasteiger partial charge on any atom is -0.714 e. The summed E-state index contributed by atoms with van der Waals surface area (Å²) in [4.78, 5) is 24.0. The Hall–Kier alpha value is -2.65. The summed E-state index contributed by atoms with van der Waals surface area (Å²) >= 11 is 0. The van der Waals surface area contributed by atoms with Crippen molar-refractivity contribution in [2.75, 3.05) is 20.2 Å². The maximum atomic E-state index is 12.8. The molecule has 1 aromatic rings. The minimum atomic E-state index is -0.829. The van der Waals surface area contributed by atoms with Crippen LogP contribution in [0.25, 0.3) is 0 Å². The molecule has 2 rings (SSSR count). The number of carbonyl (C=O) groups excluding carboxylic acids is 2. The molecule has 0 aliphatic carbocycles. The van der Waals surface area contributed by atoms with Crippen LogP contribution in [0.4, 0.5) is 0 Å². The summed E-state index contributed by atoms with van der Waals surface area (Å²) in [6.07, 6.45) is 2.35. The Balaban J connectivity index is 1.96. The van der Waals surface area contributed by atoms with Crippen LogP contribution in [-0.2, 0) is 9.59 Å². The maximum absolute atomic E-state index is 12.8. The lowest BCUT2D eigenvalue weighted by Crippen LogP contribution is -2.53. The van der Waals surface area contributed by atoms with E-state index in [-0.39, 0.29) is 24.1 Å². The fourth-order valence-electron chi connectivity index (χ4n) is 3.48. The topological polar surface area (TPSA) is 117 Å². The van der Waals surface area contributed by atoms with Crippen LogP contribution in [0.2, 0.25) is 0 Å². The van der Waals surface area contributed by atoms with E-state index in [0.29, 0.717) is 17.7 Å². The molecule has 32 heavy (non-hydrogen) atoms. The van der Waals surface area contributed by atoms with Crippen molar-refractivity contribution < 1.29 is 24.3 Å². The number of benzene rings is 1. The van der Waals surface area contributed by atoms with E-state index in [1.165, 1.54) is 6.92 Å². The monoisotopic (exact) mass is 448 g/mol. The maximum Gasteiger partial charge on any atom is 0.313 e. The highest BCUT2D eigenvalue weighted by Crippen LogP contribution is 2.37. The van der Waals surface area contributed by atoms with E-state index in [0.717, 1.165) is 29.2 Å². The summed E-state index contributed by atoms with van der Waals surface area (Å²) in [5, 5.41) is 30.1. The van der Waals surface area contributed by atoms with Gasteiger partial charge in [0, 0.05) is 0 Å². The van der Waals surface area contributed by atoms with E-state index in [1.54, 1.807) is 52.0 Å². The number of nitrogens with one attached hydrogen (secondary N) is 2. The second kappa shape index (κ2) is 10.3. The first-order valence-corrected chi connectivity index (χ1v) is 10.9. The molecule has 9 heteroatoms. The number of ether oxygens (including phenoxy) is 1. The number of Topliss-reactive ketones (excluding diaryl/α,β-unsaturated/α-hetero) is 1. The van der Waals surface area contributed by atoms with Crippen molar-refractivity contribution in [3.63, 3.8) is 0 Å². The first-order chi connectivity index (χ1) is 14.9. The van der Waals surface area contributed by atoms with Gasteiger partial charge in [0.25, 0.3) is 5.91 Å². The zero-order valence-corrected chi connectivity index (χ0v) is 19.9. The number of carbonyl (C=O) groups is 2. The molecule has 1 aliphatic rings. The number of unbranched alkanes of at least 4 members (excludes halogenated alkanes) is 1. The number of rotatable bonds is 11. The Morgan fingerprint density at radius 1 is 1.19 bits per heavy atom. The van der Waals surface area contributed by atoms with Crippen molar-refractivity contribution in [2.24, 2.45) is 0 Å². The standard InChI is InChI=1S/C23H36N4O5/c1-16(28)19(9-7-8-14-24-6)25-20(29)15-32-18-12-10-17(11-13-18)21-26(30)22(2,3)23(4,5)27(21)31/h10-13,19,24,30H,7-9,14-15H2,1-6H3,(H,25,29)/t19-/m0/s1. The average molecular weight is 449 g/mol. The number of amidine groups is 1. The van der Waals surface area contributed by atoms with Gasteiger partial charge in [-0.3, -0.25) is 14.3 Å². The third kappa shape index (κ3) is 5.39. The molecular weight excluding hydrogens is 412 g/mol. The third-order valence-corrected chi connectivity index (χ3v) is 6.41. The fourth-order valence-corrected chi connectivity index (χ4v) is 3.48. The van der Waals surface area contributed by atoms with Gasteiger partial charge in [-0.15, -0.1) is 5.06 Å². The Kier molecular flexibility index (Phi) is 8.25. The molecule has 9 nitrogen and oxygen atoms in total. The number of amides is 1. The zero-order valence-electron chi connectivity index (χ0n) is 19.9. The predicted molar refractivity (Wildman–Crippen MR) is 122 cm³/mol. The van der Waals surface area contributed by atoms with E-state index >= 15 is 0 Å². The van der Waals surface area contributed by atoms with Crippen molar-refractivity contribution in [1.82, 2.24) is 15.7 Å². The molecule has 1 heterocycles. The second-order valence-corrected chi connectivity index (χ2v) is 9.19. The van der Waals surface area contributed by atoms with Crippen LogP contribution in [0.3, 0.4) is 0 Å². The molecular formula is C23H36N4O5. The third-order valence-electron chi connectivity index (χ3n) is 6.41. The molecule has 0 aromatic heterocycles. The fraction of sp³-hybridized carbons (Fsp3) is 0.609. The molecule has 1 amide bonds. The van der Waals surface area contributed by atoms with Crippen LogP contribution >= 0.6 is 0 Å². The zero-order chi connectivity index (χ0) is 24.1. The van der Waals surface area contributed by atoms with E-state index in [2.05, 4.69) is 10.6 Å². The lowest BCUT2D eigenvalue weighted by atomic mass is 9.84. The van der Waals surface area contributed by atoms with Crippen LogP contribution in [0.5, 0.6) is 5.75 Å². The Bertz CT molecular complexity index is 848. The predicted octanol–water partition coefficient (Wildman–Crippen LogP) is 2.05. The molecule has 1 aliphatic heterocycles. The van der Waals surface area contributed by atoms with Gasteiger partial charge in [-0.1, -0.05) is 0 Å². The highest BCUT2D eigenvalue weighted by molar-refractivity contribution is 5.96. The largest absolute Gasteiger partial charge is 0.714 e. The van der Waals surface area contributed by atoms with Gasteiger partial charge in [0.15, 0.2) is 17.9 Å². The first kappa shape index (κ1) is 25.6. The summed E-state index contributed by atoms with van der Waals surface area (Å²) in [5.74, 6) is 0.148. The van der Waals surface area contributed by atoms with Crippen molar-refractivity contribution in [3.8, 4) is 5.75 Å². The minimum absolute atomic E-state index is 0.0812. The molecule has 3 N–H and O–H groups in total. The SMILES string of the molecule is CNCCCC[C@H](NC(=O)COc1ccc(C2=[N+]([O-])C(C)(C)C(C)(C)N2O)cc1)C(C)=O. The van der Waals surface area contributed by atoms with Gasteiger partial charge in [-0.2, -0.15) is 0 Å². The number of ketones is 1. The highest BCUT2D eigenvalue weighted by atomic mass is 16.5. The van der Waals surface area contributed by atoms with Crippen LogP contribution in [0, 0.1) is 5.21 Å². The summed E-state index contributed by atoms with van der Waals surface area (Å²) in [6.45, 7) is 9.27. The van der Waals surface area contributed by atoms with Gasteiger partial charge in [0.05, 0.1) is 11.6 Å². The lowest BCUT2D eigenvalue weighted by molar-refractivity contribution is -0.539. The van der Waals surface area contributed by atoms with Crippen LogP contribution in [-0.4, -0.2) is 69.9 Å². The van der Waals surface area contributed by atoms with E-state index in [1.807, 2.05) is 7.05 Å². The summed E-state index contributed by atoms with van der Waals surface area (Å²) in [6, 6.07) is 6.07. The van der Waals surface area contributed by atoms with Gasteiger partial charge in [0.2, 0.25) is 0 Å². The Labute approximate surface area is 190 Å². The second-order valence-electron chi connectivity index (χ2n) is 9.19. The number of hydrogen-bond acceptors (Lipinski definition) is 7. The number of nitrogens with zero attached hydrogens (tertiary/aromatic N) is 2. The summed E-state index contributed by atoms with van der Waals surface area (Å²) in [7, 11) is 1.87. The van der Waals surface area contributed by atoms with Gasteiger partial charge < -0.3 is 20.6 Å². The van der Waals surface area contributed by atoms with Gasteiger partial charge in [-0.05, 0) is 91.7 Å². The Morgan fingerprint density at radius 3 is 2.31 bits per heavy atom. The number of hydrogen-bond donors (Lipinski definition) is 3. The molecule has 178 valence electrons. The molecule has 0 saturated heterocycles. The van der Waals surface area contributed by atoms with Crippen LogP contribution in [0.15, 0.2) is 24.3 Å². The van der Waals surface area contributed by atoms with Crippen LogP contribution < -0.4 is 15.4 Å². The van der Waals surface area contributed by atoms with Crippen molar-refractivity contribution in [3.05, 3.63) is 35.0 Å². The summed E-state index contributed by atoms with van der Waals surface area (Å²) < 4.78 is 6.35. The molecule has 1 atom stereocenters. The molecule has 0 bridgehead atoms. The molecule has 0 unspecified atom stereocenters. The quantitative estimate of drug-likeness (QED) is 0.269. The van der Waals surface area contributed by atoms with Crippen molar-refractivity contribution >= 4 is 17.5 Å². The van der Waals surface area contributed by atoms with Crippen LogP contribution in [0.1, 0.15) is 59.4 Å².